The summed E-state index contributed by atoms with van der Waals surface area (Å²) in [7, 11) is 0. The van der Waals surface area contributed by atoms with Crippen LogP contribution < -0.4 is 19.5 Å². The number of hydrogen-bond donors (Lipinski definition) is 1. The fourth-order valence-electron chi connectivity index (χ4n) is 2.08. The van der Waals surface area contributed by atoms with Crippen molar-refractivity contribution in [3.63, 3.8) is 0 Å². The highest BCUT2D eigenvalue weighted by Crippen LogP contribution is 2.35. The maximum Gasteiger partial charge on any atom is 0.231 e. The molecule has 0 bridgehead atoms. The van der Waals surface area contributed by atoms with Crippen molar-refractivity contribution in [3.05, 3.63) is 35.8 Å². The number of ether oxygens (including phenoxy) is 3. The van der Waals surface area contributed by atoms with E-state index in [1.165, 1.54) is 0 Å². The lowest BCUT2D eigenvalue weighted by Crippen LogP contribution is -2.07. The second-order valence-corrected chi connectivity index (χ2v) is 4.64. The fourth-order valence-corrected chi connectivity index (χ4v) is 2.08. The van der Waals surface area contributed by atoms with Gasteiger partial charge < -0.3 is 19.5 Å². The number of nitrogens with zero attached hydrogens (tertiary/aromatic N) is 2. The van der Waals surface area contributed by atoms with Gasteiger partial charge in [-0.25, -0.2) is 9.97 Å². The molecule has 0 saturated carbocycles. The topological polar surface area (TPSA) is 65.5 Å². The van der Waals surface area contributed by atoms with Gasteiger partial charge in [-0.1, -0.05) is 0 Å². The Balaban J connectivity index is 1.69. The molecule has 0 spiro atoms. The number of nitrogens with one attached hydrogen (secondary N) is 1. The predicted octanol–water partition coefficient (Wildman–Crippen LogP) is 2.52. The second-order valence-electron chi connectivity index (χ2n) is 4.64. The molecule has 1 N–H and O–H groups in total. The number of hydrogen-bond acceptors (Lipinski definition) is 6. The van der Waals surface area contributed by atoms with Crippen molar-refractivity contribution < 1.29 is 14.2 Å². The zero-order valence-corrected chi connectivity index (χ0v) is 12.0. The summed E-state index contributed by atoms with van der Waals surface area (Å²) in [6, 6.07) is 7.39. The van der Waals surface area contributed by atoms with Crippen LogP contribution in [0.1, 0.15) is 18.4 Å². The van der Waals surface area contributed by atoms with Crippen LogP contribution in [0.5, 0.6) is 17.2 Å². The zero-order chi connectivity index (χ0) is 14.7. The van der Waals surface area contributed by atoms with Gasteiger partial charge in [0.05, 0.1) is 0 Å². The van der Waals surface area contributed by atoms with Crippen LogP contribution in [0.3, 0.4) is 0 Å². The van der Waals surface area contributed by atoms with Crippen molar-refractivity contribution in [2.45, 2.75) is 20.5 Å². The number of aromatic nitrogens is 2. The van der Waals surface area contributed by atoms with Crippen LogP contribution in [0.4, 0.5) is 5.82 Å². The Morgan fingerprint density at radius 1 is 1.19 bits per heavy atom. The van der Waals surface area contributed by atoms with E-state index in [1.807, 2.05) is 38.1 Å². The summed E-state index contributed by atoms with van der Waals surface area (Å²) >= 11 is 0. The molecule has 3 rings (SSSR count). The Labute approximate surface area is 123 Å². The van der Waals surface area contributed by atoms with Gasteiger partial charge >= 0.3 is 0 Å². The smallest absolute Gasteiger partial charge is 0.231 e. The van der Waals surface area contributed by atoms with E-state index in [0.717, 1.165) is 23.8 Å². The van der Waals surface area contributed by atoms with Gasteiger partial charge in [-0.3, -0.25) is 0 Å². The van der Waals surface area contributed by atoms with Gasteiger partial charge in [0, 0.05) is 24.4 Å². The Morgan fingerprint density at radius 2 is 2.05 bits per heavy atom. The molecular formula is C15H17N3O3. The summed E-state index contributed by atoms with van der Waals surface area (Å²) in [4.78, 5) is 8.78. The highest BCUT2D eigenvalue weighted by atomic mass is 16.7. The second kappa shape index (κ2) is 5.87. The molecule has 1 aliphatic heterocycles. The Hall–Kier alpha value is -2.50. The quantitative estimate of drug-likeness (QED) is 0.911. The number of benzene rings is 1. The maximum atomic E-state index is 5.72. The van der Waals surface area contributed by atoms with E-state index in [0.29, 0.717) is 23.9 Å². The van der Waals surface area contributed by atoms with Gasteiger partial charge in [0.25, 0.3) is 0 Å². The van der Waals surface area contributed by atoms with Crippen molar-refractivity contribution in [2.24, 2.45) is 0 Å². The summed E-state index contributed by atoms with van der Waals surface area (Å²) in [5.41, 5.74) is 0.908. The number of rotatable bonds is 5. The molecule has 0 radical (unpaired) electrons. The monoisotopic (exact) mass is 287 g/mol. The van der Waals surface area contributed by atoms with Crippen molar-refractivity contribution in [3.8, 4) is 17.2 Å². The van der Waals surface area contributed by atoms with Crippen LogP contribution in [-0.2, 0) is 6.61 Å². The third-order valence-corrected chi connectivity index (χ3v) is 2.97. The molecule has 2 aromatic rings. The molecule has 0 unspecified atom stereocenters. The largest absolute Gasteiger partial charge is 0.485 e. The standard InChI is InChI=1S/C15H17N3O3/c1-3-16-14-6-10(2)17-15(18-14)8-19-11-4-5-12-13(7-11)21-9-20-12/h4-7H,3,8-9H2,1-2H3,(H,16,17,18). The molecule has 0 aliphatic carbocycles. The molecule has 110 valence electrons. The van der Waals surface area contributed by atoms with E-state index >= 15 is 0 Å². The van der Waals surface area contributed by atoms with Crippen molar-refractivity contribution in [1.29, 1.82) is 0 Å². The molecule has 6 nitrogen and oxygen atoms in total. The highest BCUT2D eigenvalue weighted by Gasteiger charge is 2.14. The first kappa shape index (κ1) is 13.5. The first-order valence-corrected chi connectivity index (χ1v) is 6.85. The lowest BCUT2D eigenvalue weighted by molar-refractivity contribution is 0.173. The van der Waals surface area contributed by atoms with E-state index in [1.54, 1.807) is 0 Å². The van der Waals surface area contributed by atoms with Gasteiger partial charge in [0.2, 0.25) is 6.79 Å². The van der Waals surface area contributed by atoms with Crippen molar-refractivity contribution >= 4 is 5.82 Å². The minimum Gasteiger partial charge on any atom is -0.485 e. The van der Waals surface area contributed by atoms with Crippen LogP contribution in [0, 0.1) is 6.92 Å². The first-order valence-electron chi connectivity index (χ1n) is 6.85. The third kappa shape index (κ3) is 3.16. The van der Waals surface area contributed by atoms with Crippen LogP contribution in [0.25, 0.3) is 0 Å². The highest BCUT2D eigenvalue weighted by molar-refractivity contribution is 5.46. The van der Waals surface area contributed by atoms with E-state index in [-0.39, 0.29) is 6.79 Å². The Morgan fingerprint density at radius 3 is 2.90 bits per heavy atom. The summed E-state index contributed by atoms with van der Waals surface area (Å²) in [5, 5.41) is 3.18. The van der Waals surface area contributed by atoms with Gasteiger partial charge in [-0.05, 0) is 26.0 Å². The SMILES string of the molecule is CCNc1cc(C)nc(COc2ccc3c(c2)OCO3)n1. The van der Waals surface area contributed by atoms with E-state index < -0.39 is 0 Å². The zero-order valence-electron chi connectivity index (χ0n) is 12.0. The summed E-state index contributed by atoms with van der Waals surface area (Å²) in [5.74, 6) is 3.60. The molecule has 0 amide bonds. The van der Waals surface area contributed by atoms with Crippen LogP contribution in [0.15, 0.2) is 24.3 Å². The van der Waals surface area contributed by atoms with Gasteiger partial charge in [0.1, 0.15) is 18.2 Å². The average Bonchev–Trinajstić information content (AvgIpc) is 2.92. The number of aryl methyl sites for hydroxylation is 1. The fraction of sp³-hybridized carbons (Fsp3) is 0.333. The van der Waals surface area contributed by atoms with E-state index in [9.17, 15) is 0 Å². The minimum absolute atomic E-state index is 0.256. The molecule has 6 heteroatoms. The summed E-state index contributed by atoms with van der Waals surface area (Å²) in [6.45, 7) is 5.34. The predicted molar refractivity (Wildman–Crippen MR) is 77.8 cm³/mol. The lowest BCUT2D eigenvalue weighted by atomic mass is 10.3. The maximum absolute atomic E-state index is 5.72. The molecule has 21 heavy (non-hydrogen) atoms. The van der Waals surface area contributed by atoms with Gasteiger partial charge in [0.15, 0.2) is 17.3 Å². The number of anilines is 1. The van der Waals surface area contributed by atoms with Crippen LogP contribution in [0.2, 0.25) is 0 Å². The minimum atomic E-state index is 0.256. The normalized spacial score (nSPS) is 12.3. The molecule has 1 aromatic carbocycles. The molecule has 2 heterocycles. The molecular weight excluding hydrogens is 270 g/mol. The third-order valence-electron chi connectivity index (χ3n) is 2.97. The van der Waals surface area contributed by atoms with Crippen molar-refractivity contribution in [1.82, 2.24) is 9.97 Å². The molecule has 0 saturated heterocycles. The van der Waals surface area contributed by atoms with Crippen molar-refractivity contribution in [2.75, 3.05) is 18.7 Å². The van der Waals surface area contributed by atoms with Crippen LogP contribution in [-0.4, -0.2) is 23.3 Å². The first-order chi connectivity index (χ1) is 10.2. The van der Waals surface area contributed by atoms with Gasteiger partial charge in [-0.15, -0.1) is 0 Å². The molecule has 0 fully saturated rings. The Kier molecular flexibility index (Phi) is 3.77. The Bertz CT molecular complexity index is 646. The number of fused-ring (bicyclic) bond motifs is 1. The lowest BCUT2D eigenvalue weighted by Gasteiger charge is -2.09. The average molecular weight is 287 g/mol. The molecule has 1 aromatic heterocycles. The molecule has 1 aliphatic rings. The summed E-state index contributed by atoms with van der Waals surface area (Å²) < 4.78 is 16.3. The summed E-state index contributed by atoms with van der Waals surface area (Å²) in [6.07, 6.45) is 0. The van der Waals surface area contributed by atoms with E-state index in [4.69, 9.17) is 14.2 Å². The van der Waals surface area contributed by atoms with Crippen LogP contribution >= 0.6 is 0 Å². The van der Waals surface area contributed by atoms with Gasteiger partial charge in [-0.2, -0.15) is 0 Å². The van der Waals surface area contributed by atoms with E-state index in [2.05, 4.69) is 15.3 Å². The molecule has 0 atom stereocenters.